The summed E-state index contributed by atoms with van der Waals surface area (Å²) in [5, 5.41) is 4.09. The van der Waals surface area contributed by atoms with E-state index in [1.807, 2.05) is 6.92 Å². The van der Waals surface area contributed by atoms with Crippen molar-refractivity contribution in [3.05, 3.63) is 11.7 Å². The van der Waals surface area contributed by atoms with E-state index in [0.29, 0.717) is 11.7 Å². The molecule has 104 valence electrons. The molecule has 0 saturated heterocycles. The second kappa shape index (κ2) is 6.29. The molecule has 0 aliphatic rings. The van der Waals surface area contributed by atoms with Gasteiger partial charge in [0.2, 0.25) is 11.7 Å². The summed E-state index contributed by atoms with van der Waals surface area (Å²) in [6.45, 7) is 8.15. The summed E-state index contributed by atoms with van der Waals surface area (Å²) in [5.74, 6) is 1.35. The van der Waals surface area contributed by atoms with E-state index in [2.05, 4.69) is 30.9 Å². The van der Waals surface area contributed by atoms with Crippen LogP contribution in [0.1, 0.15) is 64.6 Å². The molecular weight excluding hydrogens is 230 g/mol. The van der Waals surface area contributed by atoms with Gasteiger partial charge >= 0.3 is 0 Å². The average Bonchev–Trinajstić information content (AvgIpc) is 2.83. The van der Waals surface area contributed by atoms with E-state index in [0.717, 1.165) is 19.3 Å². The number of nitrogens with zero attached hydrogens (tertiary/aromatic N) is 2. The maximum Gasteiger partial charge on any atom is 0.231 e. The number of aromatic nitrogens is 2. The standard InChI is InChI=1S/C13H25N3O2/c1-6-10(9(4)14)11-15-12(16-18-11)13(7-2,8-3)17-5/h9-10H,6-8,14H2,1-5H3. The minimum Gasteiger partial charge on any atom is -0.370 e. The third kappa shape index (κ3) is 2.72. The molecule has 2 atom stereocenters. The highest BCUT2D eigenvalue weighted by Gasteiger charge is 2.34. The van der Waals surface area contributed by atoms with Gasteiger partial charge in [0.1, 0.15) is 5.60 Å². The number of hydrogen-bond acceptors (Lipinski definition) is 5. The molecule has 0 amide bonds. The van der Waals surface area contributed by atoms with Crippen LogP contribution in [0.2, 0.25) is 0 Å². The van der Waals surface area contributed by atoms with Crippen LogP contribution >= 0.6 is 0 Å². The van der Waals surface area contributed by atoms with Crippen molar-refractivity contribution >= 4 is 0 Å². The average molecular weight is 255 g/mol. The number of rotatable bonds is 7. The fraction of sp³-hybridized carbons (Fsp3) is 0.846. The second-order valence-corrected chi connectivity index (χ2v) is 4.74. The van der Waals surface area contributed by atoms with Crippen molar-refractivity contribution in [1.29, 1.82) is 0 Å². The van der Waals surface area contributed by atoms with Crippen LogP contribution in [-0.4, -0.2) is 23.3 Å². The van der Waals surface area contributed by atoms with E-state index in [9.17, 15) is 0 Å². The van der Waals surface area contributed by atoms with Crippen molar-refractivity contribution in [3.63, 3.8) is 0 Å². The SMILES string of the molecule is CCC(c1nc(C(CC)(CC)OC)no1)C(C)N. The number of ether oxygens (including phenoxy) is 1. The molecule has 0 bridgehead atoms. The van der Waals surface area contributed by atoms with E-state index < -0.39 is 5.60 Å². The fourth-order valence-corrected chi connectivity index (χ4v) is 2.29. The van der Waals surface area contributed by atoms with Gasteiger partial charge < -0.3 is 15.0 Å². The Morgan fingerprint density at radius 1 is 1.33 bits per heavy atom. The Hall–Kier alpha value is -0.940. The van der Waals surface area contributed by atoms with Gasteiger partial charge in [0.25, 0.3) is 0 Å². The molecule has 1 aromatic heterocycles. The monoisotopic (exact) mass is 255 g/mol. The van der Waals surface area contributed by atoms with E-state index in [1.165, 1.54) is 0 Å². The molecule has 0 radical (unpaired) electrons. The molecule has 2 N–H and O–H groups in total. The molecule has 5 nitrogen and oxygen atoms in total. The zero-order valence-corrected chi connectivity index (χ0v) is 12.1. The first-order valence-corrected chi connectivity index (χ1v) is 6.69. The first kappa shape index (κ1) is 15.1. The second-order valence-electron chi connectivity index (χ2n) is 4.74. The lowest BCUT2D eigenvalue weighted by atomic mass is 9.95. The van der Waals surface area contributed by atoms with Crippen LogP contribution in [0.15, 0.2) is 4.52 Å². The summed E-state index contributed by atoms with van der Waals surface area (Å²) in [6.07, 6.45) is 2.51. The largest absolute Gasteiger partial charge is 0.370 e. The normalized spacial score (nSPS) is 15.7. The van der Waals surface area contributed by atoms with Crippen molar-refractivity contribution in [1.82, 2.24) is 10.1 Å². The minimum atomic E-state index is -0.447. The fourth-order valence-electron chi connectivity index (χ4n) is 2.29. The smallest absolute Gasteiger partial charge is 0.231 e. The summed E-state index contributed by atoms with van der Waals surface area (Å²) >= 11 is 0. The predicted molar refractivity (Wildman–Crippen MR) is 70.2 cm³/mol. The van der Waals surface area contributed by atoms with Gasteiger partial charge in [-0.05, 0) is 26.2 Å². The molecule has 18 heavy (non-hydrogen) atoms. The van der Waals surface area contributed by atoms with Crippen LogP contribution in [0.3, 0.4) is 0 Å². The van der Waals surface area contributed by atoms with Crippen LogP contribution in [0.4, 0.5) is 0 Å². The predicted octanol–water partition coefficient (Wildman–Crippen LogP) is 2.57. The Morgan fingerprint density at radius 3 is 2.33 bits per heavy atom. The van der Waals surface area contributed by atoms with Gasteiger partial charge in [0, 0.05) is 13.2 Å². The lowest BCUT2D eigenvalue weighted by Gasteiger charge is -2.26. The van der Waals surface area contributed by atoms with Crippen molar-refractivity contribution < 1.29 is 9.26 Å². The molecule has 1 heterocycles. The maximum atomic E-state index is 5.94. The molecule has 0 aromatic carbocycles. The Kier molecular flexibility index (Phi) is 5.28. The van der Waals surface area contributed by atoms with Gasteiger partial charge in [-0.2, -0.15) is 4.98 Å². The number of nitrogens with two attached hydrogens (primary N) is 1. The molecule has 0 spiro atoms. The lowest BCUT2D eigenvalue weighted by molar-refractivity contribution is -0.0306. The molecule has 0 saturated carbocycles. The Labute approximate surface area is 109 Å². The van der Waals surface area contributed by atoms with E-state index in [1.54, 1.807) is 7.11 Å². The van der Waals surface area contributed by atoms with Crippen molar-refractivity contribution in [2.24, 2.45) is 5.73 Å². The Morgan fingerprint density at radius 2 is 1.94 bits per heavy atom. The van der Waals surface area contributed by atoms with E-state index in [4.69, 9.17) is 15.0 Å². The first-order chi connectivity index (χ1) is 8.54. The molecule has 1 aromatic rings. The lowest BCUT2D eigenvalue weighted by Crippen LogP contribution is -2.29. The number of methoxy groups -OCH3 is 1. The highest BCUT2D eigenvalue weighted by atomic mass is 16.5. The molecular formula is C13H25N3O2. The van der Waals surface area contributed by atoms with Crippen LogP contribution in [0, 0.1) is 0 Å². The topological polar surface area (TPSA) is 74.2 Å². The van der Waals surface area contributed by atoms with Crippen LogP contribution in [-0.2, 0) is 10.3 Å². The van der Waals surface area contributed by atoms with Gasteiger partial charge in [-0.15, -0.1) is 0 Å². The van der Waals surface area contributed by atoms with Crippen molar-refractivity contribution in [2.75, 3.05) is 7.11 Å². The van der Waals surface area contributed by atoms with Gasteiger partial charge in [0.15, 0.2) is 0 Å². The molecule has 1 rings (SSSR count). The zero-order valence-electron chi connectivity index (χ0n) is 12.1. The van der Waals surface area contributed by atoms with Gasteiger partial charge in [-0.1, -0.05) is 25.9 Å². The molecule has 0 aliphatic heterocycles. The minimum absolute atomic E-state index is 0.00324. The van der Waals surface area contributed by atoms with Crippen LogP contribution in [0.5, 0.6) is 0 Å². The Bertz CT molecular complexity index is 351. The summed E-state index contributed by atoms with van der Waals surface area (Å²) in [5.41, 5.74) is 5.49. The summed E-state index contributed by atoms with van der Waals surface area (Å²) in [4.78, 5) is 4.50. The summed E-state index contributed by atoms with van der Waals surface area (Å²) < 4.78 is 11.0. The highest BCUT2D eigenvalue weighted by Crippen LogP contribution is 2.31. The number of hydrogen-bond donors (Lipinski definition) is 1. The first-order valence-electron chi connectivity index (χ1n) is 6.69. The van der Waals surface area contributed by atoms with Gasteiger partial charge in [-0.25, -0.2) is 0 Å². The highest BCUT2D eigenvalue weighted by molar-refractivity contribution is 5.04. The summed E-state index contributed by atoms with van der Waals surface area (Å²) in [7, 11) is 1.69. The quantitative estimate of drug-likeness (QED) is 0.810. The molecule has 0 fully saturated rings. The van der Waals surface area contributed by atoms with Crippen molar-refractivity contribution in [3.8, 4) is 0 Å². The van der Waals surface area contributed by atoms with E-state index >= 15 is 0 Å². The molecule has 2 unspecified atom stereocenters. The Balaban J connectivity index is 3.04. The van der Waals surface area contributed by atoms with Gasteiger partial charge in [-0.3, -0.25) is 0 Å². The zero-order chi connectivity index (χ0) is 13.8. The molecule has 5 heteroatoms. The van der Waals surface area contributed by atoms with Gasteiger partial charge in [0.05, 0.1) is 5.92 Å². The third-order valence-corrected chi connectivity index (χ3v) is 3.77. The van der Waals surface area contributed by atoms with Crippen LogP contribution in [0.25, 0.3) is 0 Å². The third-order valence-electron chi connectivity index (χ3n) is 3.77. The summed E-state index contributed by atoms with van der Waals surface area (Å²) in [6, 6.07) is 0.00324. The molecule has 0 aliphatic carbocycles. The van der Waals surface area contributed by atoms with Crippen molar-refractivity contribution in [2.45, 2.75) is 64.5 Å². The van der Waals surface area contributed by atoms with E-state index in [-0.39, 0.29) is 12.0 Å². The maximum absolute atomic E-state index is 5.94. The van der Waals surface area contributed by atoms with Crippen LogP contribution < -0.4 is 5.73 Å².